The van der Waals surface area contributed by atoms with Crippen LogP contribution in [0.15, 0.2) is 11.2 Å². The molecule has 28 heavy (non-hydrogen) atoms. The van der Waals surface area contributed by atoms with E-state index in [1.54, 1.807) is 11.0 Å². The molecule has 1 aliphatic heterocycles. The van der Waals surface area contributed by atoms with Crippen LogP contribution in [0.25, 0.3) is 0 Å². The fourth-order valence-corrected chi connectivity index (χ4v) is 4.28. The Hall–Kier alpha value is -1.54. The highest BCUT2D eigenvalue weighted by molar-refractivity contribution is 7.99. The first-order valence-electron chi connectivity index (χ1n) is 9.89. The van der Waals surface area contributed by atoms with E-state index in [-0.39, 0.29) is 23.6 Å². The predicted octanol–water partition coefficient (Wildman–Crippen LogP) is 2.93. The SMILES string of the molecule is CCCC(=O)N1CCN(c2cc(Cl)nc(SCC(=O)N(CC)CC)n2)C[C@H]1C. The summed E-state index contributed by atoms with van der Waals surface area (Å²) in [5, 5.41) is 0.861. The summed E-state index contributed by atoms with van der Waals surface area (Å²) < 4.78 is 0. The monoisotopic (exact) mass is 427 g/mol. The minimum atomic E-state index is 0.0665. The Morgan fingerprint density at radius 2 is 1.96 bits per heavy atom. The molecule has 2 heterocycles. The Morgan fingerprint density at radius 1 is 1.25 bits per heavy atom. The van der Waals surface area contributed by atoms with E-state index < -0.39 is 0 Å². The third kappa shape index (κ3) is 5.98. The summed E-state index contributed by atoms with van der Waals surface area (Å²) in [6, 6.07) is 1.86. The maximum absolute atomic E-state index is 12.2. The van der Waals surface area contributed by atoms with Crippen LogP contribution in [0.2, 0.25) is 5.15 Å². The van der Waals surface area contributed by atoms with Crippen molar-refractivity contribution < 1.29 is 9.59 Å². The molecule has 7 nitrogen and oxygen atoms in total. The summed E-state index contributed by atoms with van der Waals surface area (Å²) in [4.78, 5) is 39.2. The minimum Gasteiger partial charge on any atom is -0.353 e. The van der Waals surface area contributed by atoms with E-state index in [2.05, 4.69) is 21.8 Å². The van der Waals surface area contributed by atoms with E-state index in [1.165, 1.54) is 11.8 Å². The van der Waals surface area contributed by atoms with Crippen molar-refractivity contribution in [1.82, 2.24) is 19.8 Å². The smallest absolute Gasteiger partial charge is 0.233 e. The van der Waals surface area contributed by atoms with E-state index in [0.717, 1.165) is 12.2 Å². The molecule has 0 saturated carbocycles. The molecule has 0 bridgehead atoms. The van der Waals surface area contributed by atoms with Crippen molar-refractivity contribution in [2.75, 3.05) is 43.4 Å². The van der Waals surface area contributed by atoms with Crippen LogP contribution in [0.3, 0.4) is 0 Å². The van der Waals surface area contributed by atoms with Gasteiger partial charge >= 0.3 is 0 Å². The normalized spacial score (nSPS) is 17.0. The van der Waals surface area contributed by atoms with Gasteiger partial charge in [0.25, 0.3) is 0 Å². The van der Waals surface area contributed by atoms with Crippen molar-refractivity contribution >= 4 is 41.0 Å². The third-order valence-electron chi connectivity index (χ3n) is 4.84. The van der Waals surface area contributed by atoms with Crippen LogP contribution in [0.5, 0.6) is 0 Å². The zero-order chi connectivity index (χ0) is 20.7. The number of hydrogen-bond donors (Lipinski definition) is 0. The van der Waals surface area contributed by atoms with Crippen molar-refractivity contribution in [3.63, 3.8) is 0 Å². The lowest BCUT2D eigenvalue weighted by molar-refractivity contribution is -0.133. The highest BCUT2D eigenvalue weighted by Gasteiger charge is 2.28. The molecule has 1 fully saturated rings. The summed E-state index contributed by atoms with van der Waals surface area (Å²) in [6.45, 7) is 11.5. The summed E-state index contributed by atoms with van der Waals surface area (Å²) >= 11 is 7.51. The van der Waals surface area contributed by atoms with Crippen molar-refractivity contribution in [1.29, 1.82) is 0 Å². The van der Waals surface area contributed by atoms with Crippen LogP contribution in [0.1, 0.15) is 40.5 Å². The topological polar surface area (TPSA) is 69.6 Å². The molecule has 0 aromatic carbocycles. The lowest BCUT2D eigenvalue weighted by Crippen LogP contribution is -2.54. The van der Waals surface area contributed by atoms with Gasteiger partial charge in [-0.15, -0.1) is 0 Å². The van der Waals surface area contributed by atoms with Gasteiger partial charge in [-0.2, -0.15) is 0 Å². The van der Waals surface area contributed by atoms with Gasteiger partial charge in [-0.25, -0.2) is 9.97 Å². The lowest BCUT2D eigenvalue weighted by atomic mass is 10.1. The Kier molecular flexibility index (Phi) is 8.82. The quantitative estimate of drug-likeness (QED) is 0.361. The number of aromatic nitrogens is 2. The van der Waals surface area contributed by atoms with Gasteiger partial charge in [0.05, 0.1) is 5.75 Å². The van der Waals surface area contributed by atoms with Crippen LogP contribution in [0.4, 0.5) is 5.82 Å². The standard InChI is InChI=1S/C19H30ClN5O2S/c1-5-8-17(26)25-10-9-24(12-14(25)4)16-11-15(20)21-19(22-16)28-13-18(27)23(6-2)7-3/h11,14H,5-10,12-13H2,1-4H3/t14-/m1/s1. The van der Waals surface area contributed by atoms with E-state index in [4.69, 9.17) is 11.6 Å². The lowest BCUT2D eigenvalue weighted by Gasteiger charge is -2.40. The Bertz CT molecular complexity index is 686. The fraction of sp³-hybridized carbons (Fsp3) is 0.684. The number of carbonyl (C=O) groups excluding carboxylic acids is 2. The molecule has 0 unspecified atom stereocenters. The Balaban J connectivity index is 2.03. The Morgan fingerprint density at radius 3 is 2.57 bits per heavy atom. The van der Waals surface area contributed by atoms with Crippen molar-refractivity contribution in [2.24, 2.45) is 0 Å². The first kappa shape index (κ1) is 22.7. The number of carbonyl (C=O) groups is 2. The molecule has 1 aromatic rings. The maximum atomic E-state index is 12.2. The minimum absolute atomic E-state index is 0.0665. The maximum Gasteiger partial charge on any atom is 0.233 e. The van der Waals surface area contributed by atoms with Gasteiger partial charge in [0.2, 0.25) is 11.8 Å². The van der Waals surface area contributed by atoms with Gasteiger partial charge in [0.15, 0.2) is 5.16 Å². The number of piperazine rings is 1. The number of halogens is 1. The summed E-state index contributed by atoms with van der Waals surface area (Å²) in [7, 11) is 0. The fourth-order valence-electron chi connectivity index (χ4n) is 3.30. The molecule has 0 N–H and O–H groups in total. The van der Waals surface area contributed by atoms with Crippen molar-refractivity contribution in [3.8, 4) is 0 Å². The molecule has 0 aliphatic carbocycles. The third-order valence-corrected chi connectivity index (χ3v) is 5.86. The number of anilines is 1. The van der Waals surface area contributed by atoms with E-state index >= 15 is 0 Å². The molecule has 1 aliphatic rings. The zero-order valence-electron chi connectivity index (χ0n) is 17.2. The Labute approximate surface area is 176 Å². The molecule has 0 radical (unpaired) electrons. The van der Waals surface area contributed by atoms with Crippen LogP contribution in [0, 0.1) is 0 Å². The van der Waals surface area contributed by atoms with Gasteiger partial charge in [0.1, 0.15) is 11.0 Å². The second-order valence-corrected chi connectivity index (χ2v) is 8.15. The van der Waals surface area contributed by atoms with Crippen LogP contribution in [-0.2, 0) is 9.59 Å². The molecule has 2 amide bonds. The molecule has 1 atom stereocenters. The molecule has 9 heteroatoms. The van der Waals surface area contributed by atoms with Gasteiger partial charge in [-0.1, -0.05) is 30.3 Å². The zero-order valence-corrected chi connectivity index (χ0v) is 18.7. The van der Waals surface area contributed by atoms with Crippen molar-refractivity contribution in [2.45, 2.75) is 51.7 Å². The first-order chi connectivity index (χ1) is 13.4. The van der Waals surface area contributed by atoms with Gasteiger partial charge < -0.3 is 14.7 Å². The molecule has 1 aromatic heterocycles. The summed E-state index contributed by atoms with van der Waals surface area (Å²) in [6.07, 6.45) is 1.45. The average molecular weight is 428 g/mol. The summed E-state index contributed by atoms with van der Waals surface area (Å²) in [5.41, 5.74) is 0. The van der Waals surface area contributed by atoms with Crippen molar-refractivity contribution in [3.05, 3.63) is 11.2 Å². The van der Waals surface area contributed by atoms with Gasteiger partial charge in [-0.05, 0) is 27.2 Å². The second kappa shape index (κ2) is 10.9. The number of amides is 2. The van der Waals surface area contributed by atoms with E-state index in [0.29, 0.717) is 49.5 Å². The molecular formula is C19H30ClN5O2S. The van der Waals surface area contributed by atoms with E-state index in [9.17, 15) is 9.59 Å². The highest BCUT2D eigenvalue weighted by atomic mass is 35.5. The van der Waals surface area contributed by atoms with Gasteiger partial charge in [0, 0.05) is 51.3 Å². The van der Waals surface area contributed by atoms with Crippen LogP contribution >= 0.6 is 23.4 Å². The number of nitrogens with zero attached hydrogens (tertiary/aromatic N) is 5. The molecule has 2 rings (SSSR count). The number of rotatable bonds is 8. The van der Waals surface area contributed by atoms with Crippen LogP contribution in [-0.4, -0.2) is 76.1 Å². The molecule has 0 spiro atoms. The highest BCUT2D eigenvalue weighted by Crippen LogP contribution is 2.24. The van der Waals surface area contributed by atoms with Gasteiger partial charge in [-0.3, -0.25) is 9.59 Å². The largest absolute Gasteiger partial charge is 0.353 e. The predicted molar refractivity (Wildman–Crippen MR) is 114 cm³/mol. The number of thioether (sulfide) groups is 1. The second-order valence-electron chi connectivity index (χ2n) is 6.82. The summed E-state index contributed by atoms with van der Waals surface area (Å²) in [5.74, 6) is 1.31. The molecule has 156 valence electrons. The van der Waals surface area contributed by atoms with E-state index in [1.807, 2.05) is 25.7 Å². The molecular weight excluding hydrogens is 398 g/mol. The average Bonchev–Trinajstić information content (AvgIpc) is 2.67. The molecule has 1 saturated heterocycles. The number of hydrogen-bond acceptors (Lipinski definition) is 6. The first-order valence-corrected chi connectivity index (χ1v) is 11.2. The van der Waals surface area contributed by atoms with Crippen LogP contribution < -0.4 is 4.90 Å².